The lowest BCUT2D eigenvalue weighted by Crippen LogP contribution is -2.54. The van der Waals surface area contributed by atoms with Crippen molar-refractivity contribution >= 4 is 23.9 Å². The number of halogens is 1. The molecule has 2 atom stereocenters. The van der Waals surface area contributed by atoms with Gasteiger partial charge in [-0.15, -0.1) is 0 Å². The second-order valence-corrected chi connectivity index (χ2v) is 9.47. The van der Waals surface area contributed by atoms with Crippen molar-refractivity contribution in [3.8, 4) is 0 Å². The number of hydrogen-bond acceptors (Lipinski definition) is 5. The van der Waals surface area contributed by atoms with E-state index in [0.29, 0.717) is 30.7 Å². The first-order valence-corrected chi connectivity index (χ1v) is 12.4. The van der Waals surface area contributed by atoms with Gasteiger partial charge in [0.15, 0.2) is 11.4 Å². The van der Waals surface area contributed by atoms with Crippen LogP contribution in [0.3, 0.4) is 0 Å². The number of likely N-dealkylation sites (tertiary alicyclic amines) is 1. The average molecular weight is 493 g/mol. The van der Waals surface area contributed by atoms with Gasteiger partial charge in [0.25, 0.3) is 11.8 Å². The molecule has 5 rings (SSSR count). The first-order valence-electron chi connectivity index (χ1n) is 12.4. The second-order valence-electron chi connectivity index (χ2n) is 9.47. The van der Waals surface area contributed by atoms with Crippen molar-refractivity contribution in [1.29, 1.82) is 0 Å². The predicted molar refractivity (Wildman–Crippen MR) is 130 cm³/mol. The monoisotopic (exact) mass is 492 g/mol. The van der Waals surface area contributed by atoms with Gasteiger partial charge in [0.2, 0.25) is 0 Å². The summed E-state index contributed by atoms with van der Waals surface area (Å²) in [6, 6.07) is 13.7. The Morgan fingerprint density at radius 3 is 2.53 bits per heavy atom. The molecule has 3 aliphatic rings. The molecule has 0 spiro atoms. The first kappa shape index (κ1) is 24.1. The molecular formula is C27H29FN4O4. The van der Waals surface area contributed by atoms with E-state index in [1.54, 1.807) is 48.7 Å². The van der Waals surface area contributed by atoms with Crippen LogP contribution in [0.1, 0.15) is 36.9 Å². The highest BCUT2D eigenvalue weighted by Gasteiger charge is 2.58. The molecule has 4 heterocycles. The zero-order valence-electron chi connectivity index (χ0n) is 19.9. The van der Waals surface area contributed by atoms with Crippen molar-refractivity contribution in [3.63, 3.8) is 0 Å². The number of hydrogen-bond donors (Lipinski definition) is 1. The predicted octanol–water partition coefficient (Wildman–Crippen LogP) is 3.26. The van der Waals surface area contributed by atoms with Crippen LogP contribution in [0.5, 0.6) is 0 Å². The number of piperidine rings is 1. The summed E-state index contributed by atoms with van der Waals surface area (Å²) in [6.07, 6.45) is 5.20. The average Bonchev–Trinajstić information content (AvgIpc) is 3.52. The number of carbonyl (C=O) groups excluding carboxylic acids is 3. The summed E-state index contributed by atoms with van der Waals surface area (Å²) < 4.78 is 20.4. The Labute approximate surface area is 209 Å². The van der Waals surface area contributed by atoms with E-state index in [0.717, 1.165) is 12.8 Å². The molecule has 1 N–H and O–H groups in total. The van der Waals surface area contributed by atoms with E-state index in [1.807, 2.05) is 6.07 Å². The molecule has 0 bridgehead atoms. The summed E-state index contributed by atoms with van der Waals surface area (Å²) >= 11 is 0. The summed E-state index contributed by atoms with van der Waals surface area (Å²) in [5, 5.41) is 2.96. The number of benzene rings is 1. The number of amides is 4. The van der Waals surface area contributed by atoms with Gasteiger partial charge < -0.3 is 15.0 Å². The molecule has 0 aliphatic carbocycles. The van der Waals surface area contributed by atoms with Gasteiger partial charge in [0, 0.05) is 31.8 Å². The van der Waals surface area contributed by atoms with Crippen molar-refractivity contribution in [1.82, 2.24) is 20.1 Å². The Bertz CT molecular complexity index is 1140. The lowest BCUT2D eigenvalue weighted by molar-refractivity contribution is -0.136. The maximum atomic E-state index is 14.7. The zero-order valence-corrected chi connectivity index (χ0v) is 19.9. The minimum absolute atomic E-state index is 0.168. The van der Waals surface area contributed by atoms with Crippen LogP contribution in [0.2, 0.25) is 0 Å². The number of carbonyl (C=O) groups is 3. The van der Waals surface area contributed by atoms with Crippen molar-refractivity contribution < 1.29 is 23.5 Å². The molecule has 3 fully saturated rings. The standard InChI is InChI=1S/C27H29FN4O4/c28-22(17-19-7-2-1-3-8-19)24(33)31-14-11-20(12-15-31)27(23-10-4-5-13-29-23)25(34)32(26(35)30-27)18-21-9-6-16-36-21/h1-5,7-8,10,13,17,20-21H,6,9,11-12,14-16,18H2,(H,30,35)/b22-17-/t21-,27+/m0/s1. The summed E-state index contributed by atoms with van der Waals surface area (Å²) in [5.41, 5.74) is -0.249. The normalized spacial score (nSPS) is 25.4. The number of aromatic nitrogens is 1. The van der Waals surface area contributed by atoms with E-state index in [1.165, 1.54) is 15.9 Å². The smallest absolute Gasteiger partial charge is 0.325 e. The Balaban J connectivity index is 1.34. The van der Waals surface area contributed by atoms with Gasteiger partial charge in [-0.3, -0.25) is 19.5 Å². The molecule has 3 aliphatic heterocycles. The van der Waals surface area contributed by atoms with Gasteiger partial charge in [0.05, 0.1) is 18.3 Å². The van der Waals surface area contributed by atoms with E-state index in [2.05, 4.69) is 10.3 Å². The number of imide groups is 1. The number of ether oxygens (including phenoxy) is 1. The van der Waals surface area contributed by atoms with Crippen LogP contribution in [0.4, 0.5) is 9.18 Å². The summed E-state index contributed by atoms with van der Waals surface area (Å²) in [7, 11) is 0. The van der Waals surface area contributed by atoms with Crippen LogP contribution in [-0.2, 0) is 19.9 Å². The van der Waals surface area contributed by atoms with Crippen molar-refractivity contribution in [3.05, 3.63) is 71.8 Å². The fourth-order valence-electron chi connectivity index (χ4n) is 5.43. The molecule has 4 amide bonds. The molecule has 2 aromatic rings. The number of nitrogens with one attached hydrogen (secondary N) is 1. The van der Waals surface area contributed by atoms with Gasteiger partial charge in [-0.2, -0.15) is 0 Å². The fraction of sp³-hybridized carbons (Fsp3) is 0.407. The van der Waals surface area contributed by atoms with Crippen molar-refractivity contribution in [2.24, 2.45) is 5.92 Å². The lowest BCUT2D eigenvalue weighted by Gasteiger charge is -2.40. The lowest BCUT2D eigenvalue weighted by atomic mass is 9.75. The fourth-order valence-corrected chi connectivity index (χ4v) is 5.43. The van der Waals surface area contributed by atoms with Crippen molar-refractivity contribution in [2.45, 2.75) is 37.3 Å². The maximum Gasteiger partial charge on any atom is 0.325 e. The Morgan fingerprint density at radius 1 is 1.11 bits per heavy atom. The third kappa shape index (κ3) is 4.51. The van der Waals surface area contributed by atoms with Crippen LogP contribution in [0, 0.1) is 5.92 Å². The molecule has 3 saturated heterocycles. The molecule has 36 heavy (non-hydrogen) atoms. The highest BCUT2D eigenvalue weighted by Crippen LogP contribution is 2.41. The van der Waals surface area contributed by atoms with E-state index in [-0.39, 0.29) is 37.6 Å². The number of nitrogens with zero attached hydrogens (tertiary/aromatic N) is 3. The number of pyridine rings is 1. The van der Waals surface area contributed by atoms with Gasteiger partial charge >= 0.3 is 6.03 Å². The molecule has 8 nitrogen and oxygen atoms in total. The Hall–Kier alpha value is -3.59. The molecule has 9 heteroatoms. The quantitative estimate of drug-likeness (QED) is 0.494. The van der Waals surface area contributed by atoms with E-state index in [4.69, 9.17) is 4.74 Å². The molecule has 0 radical (unpaired) electrons. The van der Waals surface area contributed by atoms with E-state index < -0.39 is 23.3 Å². The van der Waals surface area contributed by atoms with E-state index in [9.17, 15) is 18.8 Å². The molecule has 0 saturated carbocycles. The van der Waals surface area contributed by atoms with Crippen molar-refractivity contribution in [2.75, 3.05) is 26.2 Å². The van der Waals surface area contributed by atoms with Crippen LogP contribution in [0.25, 0.3) is 6.08 Å². The molecule has 188 valence electrons. The van der Waals surface area contributed by atoms with Crippen LogP contribution >= 0.6 is 0 Å². The molecule has 0 unspecified atom stereocenters. The van der Waals surface area contributed by atoms with Crippen LogP contribution in [0.15, 0.2) is 60.6 Å². The summed E-state index contributed by atoms with van der Waals surface area (Å²) in [5.74, 6) is -2.15. The van der Waals surface area contributed by atoms with Gasteiger partial charge in [-0.25, -0.2) is 9.18 Å². The van der Waals surface area contributed by atoms with Gasteiger partial charge in [0.1, 0.15) is 0 Å². The topological polar surface area (TPSA) is 91.8 Å². The number of urea groups is 1. The van der Waals surface area contributed by atoms with Gasteiger partial charge in [-0.1, -0.05) is 36.4 Å². The SMILES string of the molecule is O=C(/C(F)=C/c1ccccc1)N1CCC([C@]2(c3ccccn3)NC(=O)N(C[C@@H]3CCCO3)C2=O)CC1. The number of rotatable bonds is 6. The Morgan fingerprint density at radius 2 is 1.86 bits per heavy atom. The maximum absolute atomic E-state index is 14.7. The molecular weight excluding hydrogens is 463 g/mol. The van der Waals surface area contributed by atoms with Crippen LogP contribution in [-0.4, -0.2) is 65.0 Å². The third-order valence-electron chi connectivity index (χ3n) is 7.30. The Kier molecular flexibility index (Phi) is 6.82. The second kappa shape index (κ2) is 10.2. The zero-order chi connectivity index (χ0) is 25.1. The van der Waals surface area contributed by atoms with Crippen LogP contribution < -0.4 is 5.32 Å². The summed E-state index contributed by atoms with van der Waals surface area (Å²) in [6.45, 7) is 1.36. The largest absolute Gasteiger partial charge is 0.376 e. The highest BCUT2D eigenvalue weighted by atomic mass is 19.1. The summed E-state index contributed by atoms with van der Waals surface area (Å²) in [4.78, 5) is 46.8. The molecule has 1 aromatic heterocycles. The minimum atomic E-state index is -1.33. The minimum Gasteiger partial charge on any atom is -0.376 e. The molecule has 1 aromatic carbocycles. The van der Waals surface area contributed by atoms with E-state index >= 15 is 0 Å². The third-order valence-corrected chi connectivity index (χ3v) is 7.30. The highest BCUT2D eigenvalue weighted by molar-refractivity contribution is 6.07. The first-order chi connectivity index (χ1) is 17.5. The van der Waals surface area contributed by atoms with Gasteiger partial charge in [-0.05, 0) is 49.5 Å².